The second-order valence-electron chi connectivity index (χ2n) is 7.76. The van der Waals surface area contributed by atoms with Gasteiger partial charge in [-0.3, -0.25) is 9.69 Å². The van der Waals surface area contributed by atoms with Gasteiger partial charge in [-0.25, -0.2) is 0 Å². The first-order chi connectivity index (χ1) is 14.2. The summed E-state index contributed by atoms with van der Waals surface area (Å²) in [5, 5.41) is 3.37. The summed E-state index contributed by atoms with van der Waals surface area (Å²) in [5.74, 6) is 1.89. The highest BCUT2D eigenvalue weighted by atomic mass is 16.7. The molecule has 2 aromatic rings. The Hall–Kier alpha value is -2.57. The molecule has 2 aromatic carbocycles. The van der Waals surface area contributed by atoms with Crippen molar-refractivity contribution in [2.24, 2.45) is 0 Å². The van der Waals surface area contributed by atoms with Crippen LogP contribution in [0.5, 0.6) is 11.5 Å². The SMILES string of the molecule is Cc1ccc(CNCCC(=O)N2CCN(Cc3ccc4c(c3)OCO4)CC2)cc1. The molecular formula is C23H29N3O3. The Balaban J connectivity index is 1.15. The Kier molecular flexibility index (Phi) is 6.32. The molecule has 154 valence electrons. The maximum Gasteiger partial charge on any atom is 0.231 e. The number of benzene rings is 2. The van der Waals surface area contributed by atoms with Crippen LogP contribution in [0.1, 0.15) is 23.1 Å². The second-order valence-corrected chi connectivity index (χ2v) is 7.76. The van der Waals surface area contributed by atoms with Crippen LogP contribution in [0.2, 0.25) is 0 Å². The zero-order valence-corrected chi connectivity index (χ0v) is 17.0. The monoisotopic (exact) mass is 395 g/mol. The highest BCUT2D eigenvalue weighted by molar-refractivity contribution is 5.76. The van der Waals surface area contributed by atoms with Gasteiger partial charge in [0.2, 0.25) is 12.7 Å². The average Bonchev–Trinajstić information content (AvgIpc) is 3.21. The molecule has 0 radical (unpaired) electrons. The predicted octanol–water partition coefficient (Wildman–Crippen LogP) is 2.55. The number of rotatable bonds is 7. The smallest absolute Gasteiger partial charge is 0.231 e. The van der Waals surface area contributed by atoms with Gasteiger partial charge in [0.25, 0.3) is 0 Å². The second kappa shape index (κ2) is 9.29. The van der Waals surface area contributed by atoms with Crippen molar-refractivity contribution in [3.05, 3.63) is 59.2 Å². The Morgan fingerprint density at radius 3 is 2.48 bits per heavy atom. The minimum atomic E-state index is 0.240. The molecule has 1 saturated heterocycles. The molecule has 0 unspecified atom stereocenters. The summed E-state index contributed by atoms with van der Waals surface area (Å²) >= 11 is 0. The number of hydrogen-bond acceptors (Lipinski definition) is 5. The van der Waals surface area contributed by atoms with Gasteiger partial charge in [0, 0.05) is 52.2 Å². The van der Waals surface area contributed by atoms with E-state index in [-0.39, 0.29) is 5.91 Å². The molecule has 1 amide bonds. The Morgan fingerprint density at radius 1 is 0.966 bits per heavy atom. The minimum Gasteiger partial charge on any atom is -0.454 e. The van der Waals surface area contributed by atoms with Crippen LogP contribution in [-0.2, 0) is 17.9 Å². The van der Waals surface area contributed by atoms with Crippen molar-refractivity contribution in [2.45, 2.75) is 26.4 Å². The molecule has 6 heteroatoms. The topological polar surface area (TPSA) is 54.0 Å². The van der Waals surface area contributed by atoms with E-state index in [4.69, 9.17) is 9.47 Å². The summed E-state index contributed by atoms with van der Waals surface area (Å²) in [5.41, 5.74) is 3.73. The van der Waals surface area contributed by atoms with Crippen molar-refractivity contribution in [2.75, 3.05) is 39.5 Å². The third-order valence-electron chi connectivity index (χ3n) is 5.53. The Morgan fingerprint density at radius 2 is 1.69 bits per heavy atom. The lowest BCUT2D eigenvalue weighted by Gasteiger charge is -2.34. The molecule has 0 aliphatic carbocycles. The molecule has 1 N–H and O–H groups in total. The molecule has 0 bridgehead atoms. The largest absolute Gasteiger partial charge is 0.454 e. The fraction of sp³-hybridized carbons (Fsp3) is 0.435. The molecule has 4 rings (SSSR count). The van der Waals surface area contributed by atoms with Gasteiger partial charge in [0.1, 0.15) is 0 Å². The number of ether oxygens (including phenoxy) is 2. The van der Waals surface area contributed by atoms with Gasteiger partial charge in [0.15, 0.2) is 11.5 Å². The number of nitrogens with zero attached hydrogens (tertiary/aromatic N) is 2. The van der Waals surface area contributed by atoms with Crippen LogP contribution in [0.3, 0.4) is 0 Å². The van der Waals surface area contributed by atoms with Crippen molar-refractivity contribution < 1.29 is 14.3 Å². The van der Waals surface area contributed by atoms with E-state index >= 15 is 0 Å². The molecule has 0 saturated carbocycles. The number of nitrogens with one attached hydrogen (secondary N) is 1. The van der Waals surface area contributed by atoms with Crippen LogP contribution in [0.15, 0.2) is 42.5 Å². The van der Waals surface area contributed by atoms with E-state index < -0.39 is 0 Å². The quantitative estimate of drug-likeness (QED) is 0.731. The highest BCUT2D eigenvalue weighted by Crippen LogP contribution is 2.32. The number of aryl methyl sites for hydroxylation is 1. The van der Waals surface area contributed by atoms with Crippen LogP contribution in [0.4, 0.5) is 0 Å². The van der Waals surface area contributed by atoms with Crippen molar-refractivity contribution in [3.8, 4) is 11.5 Å². The van der Waals surface area contributed by atoms with Crippen LogP contribution < -0.4 is 14.8 Å². The number of carbonyl (C=O) groups is 1. The van der Waals surface area contributed by atoms with Crippen molar-refractivity contribution in [3.63, 3.8) is 0 Å². The van der Waals surface area contributed by atoms with Gasteiger partial charge in [-0.1, -0.05) is 35.9 Å². The number of amides is 1. The molecule has 2 aliphatic heterocycles. The molecule has 2 heterocycles. The van der Waals surface area contributed by atoms with Gasteiger partial charge in [-0.2, -0.15) is 0 Å². The number of piperazine rings is 1. The van der Waals surface area contributed by atoms with Crippen molar-refractivity contribution in [1.29, 1.82) is 0 Å². The van der Waals surface area contributed by atoms with Crippen LogP contribution in [0.25, 0.3) is 0 Å². The van der Waals surface area contributed by atoms with Crippen LogP contribution in [-0.4, -0.2) is 55.2 Å². The van der Waals surface area contributed by atoms with E-state index in [9.17, 15) is 4.79 Å². The first-order valence-corrected chi connectivity index (χ1v) is 10.3. The van der Waals surface area contributed by atoms with E-state index in [1.807, 2.05) is 11.0 Å². The Bertz CT molecular complexity index is 830. The van der Waals surface area contributed by atoms with E-state index in [0.29, 0.717) is 19.8 Å². The summed E-state index contributed by atoms with van der Waals surface area (Å²) in [7, 11) is 0. The first-order valence-electron chi connectivity index (χ1n) is 10.3. The summed E-state index contributed by atoms with van der Waals surface area (Å²) in [6.45, 7) is 8.17. The molecule has 0 spiro atoms. The van der Waals surface area contributed by atoms with Gasteiger partial charge in [-0.05, 0) is 30.2 Å². The lowest BCUT2D eigenvalue weighted by molar-refractivity contribution is -0.132. The molecule has 2 aliphatic rings. The van der Waals surface area contributed by atoms with Gasteiger partial charge >= 0.3 is 0 Å². The maximum atomic E-state index is 12.5. The zero-order chi connectivity index (χ0) is 20.1. The van der Waals surface area contributed by atoms with Gasteiger partial charge < -0.3 is 19.7 Å². The lowest BCUT2D eigenvalue weighted by atomic mass is 10.1. The number of hydrogen-bond donors (Lipinski definition) is 1. The third-order valence-corrected chi connectivity index (χ3v) is 5.53. The van der Waals surface area contributed by atoms with Gasteiger partial charge in [0.05, 0.1) is 0 Å². The molecule has 1 fully saturated rings. The summed E-state index contributed by atoms with van der Waals surface area (Å²) in [4.78, 5) is 16.9. The maximum absolute atomic E-state index is 12.5. The van der Waals surface area contributed by atoms with Crippen molar-refractivity contribution in [1.82, 2.24) is 15.1 Å². The van der Waals surface area contributed by atoms with E-state index in [1.165, 1.54) is 16.7 Å². The fourth-order valence-corrected chi connectivity index (χ4v) is 3.74. The molecule has 0 atom stereocenters. The molecule has 6 nitrogen and oxygen atoms in total. The predicted molar refractivity (Wildman–Crippen MR) is 112 cm³/mol. The standard InChI is InChI=1S/C23H29N3O3/c1-18-2-4-19(5-3-18)15-24-9-8-23(27)26-12-10-25(11-13-26)16-20-6-7-21-22(14-20)29-17-28-21/h2-7,14,24H,8-13,15-17H2,1H3. The number of carbonyl (C=O) groups excluding carboxylic acids is 1. The average molecular weight is 396 g/mol. The third kappa shape index (κ3) is 5.28. The Labute approximate surface area is 172 Å². The van der Waals surface area contributed by atoms with E-state index in [2.05, 4.69) is 53.5 Å². The normalized spacial score (nSPS) is 16.2. The summed E-state index contributed by atoms with van der Waals surface area (Å²) in [6, 6.07) is 14.6. The van der Waals surface area contributed by atoms with E-state index in [1.54, 1.807) is 0 Å². The molecule has 0 aromatic heterocycles. The molecule has 29 heavy (non-hydrogen) atoms. The number of fused-ring (bicyclic) bond motifs is 1. The van der Waals surface area contributed by atoms with E-state index in [0.717, 1.165) is 50.8 Å². The lowest BCUT2D eigenvalue weighted by Crippen LogP contribution is -2.48. The van der Waals surface area contributed by atoms with Crippen molar-refractivity contribution >= 4 is 5.91 Å². The first kappa shape index (κ1) is 19.7. The van der Waals surface area contributed by atoms with Crippen LogP contribution >= 0.6 is 0 Å². The summed E-state index contributed by atoms with van der Waals surface area (Å²) < 4.78 is 10.8. The van der Waals surface area contributed by atoms with Crippen LogP contribution in [0, 0.1) is 6.92 Å². The van der Waals surface area contributed by atoms with Gasteiger partial charge in [-0.15, -0.1) is 0 Å². The fourth-order valence-electron chi connectivity index (χ4n) is 3.74. The summed E-state index contributed by atoms with van der Waals surface area (Å²) in [6.07, 6.45) is 0.550. The highest BCUT2D eigenvalue weighted by Gasteiger charge is 2.21. The minimum absolute atomic E-state index is 0.240. The zero-order valence-electron chi connectivity index (χ0n) is 17.0. The molecular weight excluding hydrogens is 366 g/mol.